The van der Waals surface area contributed by atoms with Crippen molar-refractivity contribution in [1.82, 2.24) is 10.6 Å². The van der Waals surface area contributed by atoms with Crippen molar-refractivity contribution in [2.45, 2.75) is 49.9 Å². The van der Waals surface area contributed by atoms with Gasteiger partial charge in [0, 0.05) is 12.1 Å². The van der Waals surface area contributed by atoms with E-state index in [-0.39, 0.29) is 36.0 Å². The lowest BCUT2D eigenvalue weighted by Crippen LogP contribution is -2.39. The second kappa shape index (κ2) is 7.22. The Morgan fingerprint density at radius 3 is 2.81 bits per heavy atom. The van der Waals surface area contributed by atoms with Gasteiger partial charge in [-0.2, -0.15) is 0 Å². The number of hydrogen-bond acceptors (Lipinski definition) is 4. The van der Waals surface area contributed by atoms with Gasteiger partial charge in [-0.25, -0.2) is 17.6 Å². The first kappa shape index (κ1) is 18.6. The molecule has 2 fully saturated rings. The summed E-state index contributed by atoms with van der Waals surface area (Å²) in [5.74, 6) is -0.659. The standard InChI is InChI=1S/C17H22FN3O4S/c1-10-6-7-11(8-12(10)18)19-15(22)5-3-2-4-14-16-13(9-26(14,24)25)20-17(23)21-16/h6-8,13-14,16H,2-5,9H2,1H3,(H,19,22)(H2,20,21,23)/t13-,14-,16+/m1/s1. The average Bonchev–Trinajstić information content (AvgIpc) is 2.99. The highest BCUT2D eigenvalue weighted by Crippen LogP contribution is 2.28. The van der Waals surface area contributed by atoms with Crippen LogP contribution in [0.1, 0.15) is 31.2 Å². The minimum absolute atomic E-state index is 0.0411. The van der Waals surface area contributed by atoms with E-state index in [0.717, 1.165) is 0 Å². The highest BCUT2D eigenvalue weighted by atomic mass is 32.2. The van der Waals surface area contributed by atoms with E-state index >= 15 is 0 Å². The number of nitrogens with one attached hydrogen (secondary N) is 3. The number of aryl methyl sites for hydroxylation is 1. The molecular formula is C17H22FN3O4S. The highest BCUT2D eigenvalue weighted by Gasteiger charge is 2.51. The van der Waals surface area contributed by atoms with Gasteiger partial charge in [0.05, 0.1) is 23.1 Å². The molecule has 0 radical (unpaired) electrons. The fraction of sp³-hybridized carbons (Fsp3) is 0.529. The lowest BCUT2D eigenvalue weighted by molar-refractivity contribution is -0.116. The Kier molecular flexibility index (Phi) is 5.17. The Balaban J connectivity index is 1.45. The van der Waals surface area contributed by atoms with Crippen LogP contribution in [0.3, 0.4) is 0 Å². The smallest absolute Gasteiger partial charge is 0.315 e. The molecule has 3 amide bonds. The lowest BCUT2D eigenvalue weighted by atomic mass is 10.0. The van der Waals surface area contributed by atoms with Gasteiger partial charge in [-0.15, -0.1) is 0 Å². The van der Waals surface area contributed by atoms with E-state index in [4.69, 9.17) is 0 Å². The first-order chi connectivity index (χ1) is 12.3. The van der Waals surface area contributed by atoms with Gasteiger partial charge in [0.15, 0.2) is 9.84 Å². The van der Waals surface area contributed by atoms with Crippen LogP contribution in [0, 0.1) is 12.7 Å². The SMILES string of the molecule is Cc1ccc(NC(=O)CCCC[C@@H]2[C@H]3NC(=O)N[C@@H]3CS2(=O)=O)cc1F. The Hall–Kier alpha value is -2.16. The molecule has 142 valence electrons. The second-order valence-electron chi connectivity index (χ2n) is 6.88. The van der Waals surface area contributed by atoms with Crippen LogP contribution >= 0.6 is 0 Å². The summed E-state index contributed by atoms with van der Waals surface area (Å²) in [6.45, 7) is 1.64. The van der Waals surface area contributed by atoms with Gasteiger partial charge in [0.1, 0.15) is 5.82 Å². The van der Waals surface area contributed by atoms with E-state index in [9.17, 15) is 22.4 Å². The van der Waals surface area contributed by atoms with Crippen molar-refractivity contribution in [2.75, 3.05) is 11.1 Å². The minimum Gasteiger partial charge on any atom is -0.332 e. The van der Waals surface area contributed by atoms with Crippen LogP contribution in [-0.2, 0) is 14.6 Å². The molecular weight excluding hydrogens is 361 g/mol. The van der Waals surface area contributed by atoms with Crippen molar-refractivity contribution in [1.29, 1.82) is 0 Å². The van der Waals surface area contributed by atoms with Crippen LogP contribution < -0.4 is 16.0 Å². The van der Waals surface area contributed by atoms with Crippen LogP contribution in [0.25, 0.3) is 0 Å². The maximum absolute atomic E-state index is 13.5. The topological polar surface area (TPSA) is 104 Å². The molecule has 0 saturated carbocycles. The molecule has 2 aliphatic heterocycles. The van der Waals surface area contributed by atoms with Crippen molar-refractivity contribution >= 4 is 27.5 Å². The van der Waals surface area contributed by atoms with E-state index in [1.165, 1.54) is 6.07 Å². The van der Waals surface area contributed by atoms with E-state index in [1.807, 2.05) is 0 Å². The van der Waals surface area contributed by atoms with E-state index in [0.29, 0.717) is 30.5 Å². The third-order valence-corrected chi connectivity index (χ3v) is 7.19. The third-order valence-electron chi connectivity index (χ3n) is 4.92. The van der Waals surface area contributed by atoms with Crippen LogP contribution in [-0.4, -0.2) is 43.4 Å². The number of unbranched alkanes of at least 4 members (excludes halogenated alkanes) is 1. The summed E-state index contributed by atoms with van der Waals surface area (Å²) in [7, 11) is -3.25. The molecule has 0 unspecified atom stereocenters. The number of rotatable bonds is 6. The fourth-order valence-electron chi connectivity index (χ4n) is 3.53. The van der Waals surface area contributed by atoms with E-state index < -0.39 is 21.1 Å². The van der Waals surface area contributed by atoms with Gasteiger partial charge in [-0.1, -0.05) is 12.5 Å². The first-order valence-electron chi connectivity index (χ1n) is 8.61. The third kappa shape index (κ3) is 3.98. The molecule has 0 bridgehead atoms. The lowest BCUT2D eigenvalue weighted by Gasteiger charge is -2.16. The molecule has 0 aromatic heterocycles. The molecule has 3 N–H and O–H groups in total. The van der Waals surface area contributed by atoms with E-state index in [1.54, 1.807) is 19.1 Å². The highest BCUT2D eigenvalue weighted by molar-refractivity contribution is 7.92. The quantitative estimate of drug-likeness (QED) is 0.511. The zero-order valence-electron chi connectivity index (χ0n) is 14.4. The molecule has 2 heterocycles. The monoisotopic (exact) mass is 383 g/mol. The van der Waals surface area contributed by atoms with Gasteiger partial charge in [0.25, 0.3) is 0 Å². The van der Waals surface area contributed by atoms with Crippen LogP contribution in [0.5, 0.6) is 0 Å². The summed E-state index contributed by atoms with van der Waals surface area (Å²) in [5.41, 5.74) is 0.909. The number of sulfone groups is 1. The molecule has 0 aliphatic carbocycles. The number of amides is 3. The van der Waals surface area contributed by atoms with Gasteiger partial charge >= 0.3 is 6.03 Å². The Labute approximate surface area is 151 Å². The molecule has 9 heteroatoms. The van der Waals surface area contributed by atoms with Gasteiger partial charge in [0.2, 0.25) is 5.91 Å². The van der Waals surface area contributed by atoms with Crippen molar-refractivity contribution in [3.63, 3.8) is 0 Å². The Bertz CT molecular complexity index is 827. The molecule has 1 aromatic carbocycles. The van der Waals surface area contributed by atoms with Crippen molar-refractivity contribution < 1.29 is 22.4 Å². The number of carbonyl (C=O) groups is 2. The zero-order chi connectivity index (χ0) is 18.9. The van der Waals surface area contributed by atoms with Crippen molar-refractivity contribution in [2.24, 2.45) is 0 Å². The number of anilines is 1. The summed E-state index contributed by atoms with van der Waals surface area (Å²) >= 11 is 0. The molecule has 2 saturated heterocycles. The minimum atomic E-state index is -3.25. The molecule has 3 atom stereocenters. The summed E-state index contributed by atoms with van der Waals surface area (Å²) < 4.78 is 37.9. The number of hydrogen-bond donors (Lipinski definition) is 3. The number of halogens is 1. The van der Waals surface area contributed by atoms with Gasteiger partial charge < -0.3 is 16.0 Å². The number of fused-ring (bicyclic) bond motifs is 1. The maximum atomic E-state index is 13.5. The first-order valence-corrected chi connectivity index (χ1v) is 10.3. The normalized spacial score (nSPS) is 26.1. The fourth-order valence-corrected chi connectivity index (χ4v) is 5.80. The van der Waals surface area contributed by atoms with Crippen molar-refractivity contribution in [3.8, 4) is 0 Å². The predicted octanol–water partition coefficient (Wildman–Crippen LogP) is 1.48. The number of urea groups is 1. The number of benzene rings is 1. The van der Waals surface area contributed by atoms with Gasteiger partial charge in [-0.05, 0) is 37.5 Å². The molecule has 7 nitrogen and oxygen atoms in total. The van der Waals surface area contributed by atoms with Crippen LogP contribution in [0.2, 0.25) is 0 Å². The predicted molar refractivity (Wildman–Crippen MR) is 95.1 cm³/mol. The van der Waals surface area contributed by atoms with Crippen LogP contribution in [0.4, 0.5) is 14.9 Å². The maximum Gasteiger partial charge on any atom is 0.315 e. The molecule has 2 aliphatic rings. The summed E-state index contributed by atoms with van der Waals surface area (Å²) in [5, 5.41) is 7.31. The molecule has 26 heavy (non-hydrogen) atoms. The summed E-state index contributed by atoms with van der Waals surface area (Å²) in [6.07, 6.45) is 1.70. The zero-order valence-corrected chi connectivity index (χ0v) is 15.2. The summed E-state index contributed by atoms with van der Waals surface area (Å²) in [4.78, 5) is 23.3. The number of carbonyl (C=O) groups excluding carboxylic acids is 2. The van der Waals surface area contributed by atoms with Crippen molar-refractivity contribution in [3.05, 3.63) is 29.6 Å². The molecule has 1 aromatic rings. The van der Waals surface area contributed by atoms with E-state index in [2.05, 4.69) is 16.0 Å². The largest absolute Gasteiger partial charge is 0.332 e. The second-order valence-corrected chi connectivity index (χ2v) is 9.14. The Morgan fingerprint density at radius 2 is 2.08 bits per heavy atom. The summed E-state index contributed by atoms with van der Waals surface area (Å²) in [6, 6.07) is 3.42. The Morgan fingerprint density at radius 1 is 1.31 bits per heavy atom. The molecule has 3 rings (SSSR count). The average molecular weight is 383 g/mol. The molecule has 0 spiro atoms. The van der Waals surface area contributed by atoms with Gasteiger partial charge in [-0.3, -0.25) is 4.79 Å². The van der Waals surface area contributed by atoms with Crippen LogP contribution in [0.15, 0.2) is 18.2 Å².